The van der Waals surface area contributed by atoms with E-state index in [-0.39, 0.29) is 5.92 Å². The average molecular weight is 235 g/mol. The number of nitrogens with zero attached hydrogens (tertiary/aromatic N) is 2. The Morgan fingerprint density at radius 3 is 3.19 bits per heavy atom. The Morgan fingerprint density at radius 2 is 2.56 bits per heavy atom. The number of rotatable bonds is 4. The third-order valence-electron chi connectivity index (χ3n) is 3.25. The number of hydrogen-bond donors (Lipinski definition) is 1. The van der Waals surface area contributed by atoms with Crippen LogP contribution in [0.3, 0.4) is 0 Å². The van der Waals surface area contributed by atoms with E-state index >= 15 is 0 Å². The Hall–Kier alpha value is -0.920. The lowest BCUT2D eigenvalue weighted by atomic mass is 10.0. The second-order valence-corrected chi connectivity index (χ2v) is 5.20. The fraction of sp³-hybridized carbons (Fsp3) is 0.667. The molecule has 0 saturated heterocycles. The van der Waals surface area contributed by atoms with Crippen molar-refractivity contribution in [3.8, 4) is 6.07 Å². The van der Waals surface area contributed by atoms with Crippen LogP contribution in [0.25, 0.3) is 0 Å². The zero-order valence-corrected chi connectivity index (χ0v) is 10.3. The molecule has 0 aliphatic heterocycles. The molecule has 0 bridgehead atoms. The molecule has 1 aromatic rings. The number of aromatic nitrogens is 1. The zero-order valence-electron chi connectivity index (χ0n) is 9.52. The smallest absolute Gasteiger partial charge is 0.109 e. The molecule has 0 amide bonds. The highest BCUT2D eigenvalue weighted by molar-refractivity contribution is 7.09. The molecule has 1 aliphatic rings. The van der Waals surface area contributed by atoms with Crippen molar-refractivity contribution in [2.75, 3.05) is 0 Å². The van der Waals surface area contributed by atoms with Gasteiger partial charge in [-0.2, -0.15) is 5.26 Å². The molecule has 1 saturated carbocycles. The second-order valence-electron chi connectivity index (χ2n) is 4.27. The van der Waals surface area contributed by atoms with Gasteiger partial charge in [-0.15, -0.1) is 11.3 Å². The highest BCUT2D eigenvalue weighted by atomic mass is 32.1. The van der Waals surface area contributed by atoms with Gasteiger partial charge in [-0.25, -0.2) is 4.98 Å². The van der Waals surface area contributed by atoms with E-state index in [0.29, 0.717) is 12.1 Å². The lowest BCUT2D eigenvalue weighted by Gasteiger charge is -2.22. The van der Waals surface area contributed by atoms with Crippen molar-refractivity contribution in [3.05, 3.63) is 16.6 Å². The van der Waals surface area contributed by atoms with Crippen LogP contribution in [0.5, 0.6) is 0 Å². The van der Waals surface area contributed by atoms with Gasteiger partial charge in [0.1, 0.15) is 5.01 Å². The molecule has 2 rings (SSSR count). The Bertz CT molecular complexity index is 355. The predicted octanol–water partition coefficient (Wildman–Crippen LogP) is 2.88. The third-order valence-corrected chi connectivity index (χ3v) is 4.14. The Morgan fingerprint density at radius 1 is 1.69 bits per heavy atom. The van der Waals surface area contributed by atoms with Crippen molar-refractivity contribution in [3.63, 3.8) is 0 Å². The third kappa shape index (κ3) is 2.42. The summed E-state index contributed by atoms with van der Waals surface area (Å²) in [4.78, 5) is 4.35. The summed E-state index contributed by atoms with van der Waals surface area (Å²) in [7, 11) is 0. The maximum Gasteiger partial charge on any atom is 0.109 e. The van der Waals surface area contributed by atoms with Crippen LogP contribution in [0.4, 0.5) is 0 Å². The van der Waals surface area contributed by atoms with E-state index in [1.807, 2.05) is 11.6 Å². The van der Waals surface area contributed by atoms with E-state index in [1.165, 1.54) is 6.42 Å². The second kappa shape index (κ2) is 5.42. The fourth-order valence-electron chi connectivity index (χ4n) is 2.34. The van der Waals surface area contributed by atoms with E-state index in [4.69, 9.17) is 5.26 Å². The topological polar surface area (TPSA) is 48.7 Å². The van der Waals surface area contributed by atoms with Crippen molar-refractivity contribution >= 4 is 11.3 Å². The summed E-state index contributed by atoms with van der Waals surface area (Å²) in [5.41, 5.74) is 0. The van der Waals surface area contributed by atoms with Crippen LogP contribution in [-0.2, 0) is 0 Å². The Labute approximate surface area is 101 Å². The molecule has 4 heteroatoms. The number of nitrogens with one attached hydrogen (secondary N) is 1. The first-order chi connectivity index (χ1) is 7.85. The fourth-order valence-corrected chi connectivity index (χ4v) is 3.12. The summed E-state index contributed by atoms with van der Waals surface area (Å²) >= 11 is 1.69. The van der Waals surface area contributed by atoms with E-state index in [2.05, 4.69) is 23.3 Å². The van der Waals surface area contributed by atoms with E-state index in [1.54, 1.807) is 11.3 Å². The van der Waals surface area contributed by atoms with Crippen molar-refractivity contribution < 1.29 is 0 Å². The van der Waals surface area contributed by atoms with Crippen LogP contribution < -0.4 is 5.32 Å². The van der Waals surface area contributed by atoms with E-state index in [0.717, 1.165) is 24.3 Å². The molecule has 1 fully saturated rings. The molecule has 0 aromatic carbocycles. The highest BCUT2D eigenvalue weighted by Gasteiger charge is 2.29. The molecule has 1 heterocycles. The van der Waals surface area contributed by atoms with Gasteiger partial charge in [0.05, 0.1) is 18.0 Å². The molecule has 1 aromatic heterocycles. The summed E-state index contributed by atoms with van der Waals surface area (Å²) in [6.07, 6.45) is 6.22. The van der Waals surface area contributed by atoms with E-state index in [9.17, 15) is 0 Å². The van der Waals surface area contributed by atoms with Crippen LogP contribution in [0.1, 0.15) is 43.7 Å². The molecule has 3 atom stereocenters. The molecular formula is C12H17N3S. The molecular weight excluding hydrogens is 218 g/mol. The van der Waals surface area contributed by atoms with Gasteiger partial charge in [-0.1, -0.05) is 13.3 Å². The monoisotopic (exact) mass is 235 g/mol. The van der Waals surface area contributed by atoms with Gasteiger partial charge >= 0.3 is 0 Å². The predicted molar refractivity (Wildman–Crippen MR) is 65.0 cm³/mol. The van der Waals surface area contributed by atoms with Crippen LogP contribution in [-0.4, -0.2) is 11.0 Å². The van der Waals surface area contributed by atoms with Gasteiger partial charge in [0.25, 0.3) is 0 Å². The first-order valence-electron chi connectivity index (χ1n) is 5.90. The van der Waals surface area contributed by atoms with Gasteiger partial charge in [0.15, 0.2) is 0 Å². The van der Waals surface area contributed by atoms with Crippen LogP contribution in [0.15, 0.2) is 11.6 Å². The lowest BCUT2D eigenvalue weighted by molar-refractivity contribution is 0.393. The van der Waals surface area contributed by atoms with Gasteiger partial charge in [0, 0.05) is 17.6 Å². The van der Waals surface area contributed by atoms with Gasteiger partial charge in [-0.05, 0) is 19.3 Å². The normalized spacial score (nSPS) is 26.5. The maximum atomic E-state index is 9.05. The first-order valence-corrected chi connectivity index (χ1v) is 6.78. The highest BCUT2D eigenvalue weighted by Crippen LogP contribution is 2.28. The lowest BCUT2D eigenvalue weighted by Crippen LogP contribution is -2.34. The molecule has 0 spiro atoms. The van der Waals surface area contributed by atoms with Crippen molar-refractivity contribution in [2.45, 2.75) is 44.7 Å². The van der Waals surface area contributed by atoms with Crippen LogP contribution >= 0.6 is 11.3 Å². The maximum absolute atomic E-state index is 9.05. The van der Waals surface area contributed by atoms with E-state index < -0.39 is 0 Å². The largest absolute Gasteiger partial charge is 0.304 e. The summed E-state index contributed by atoms with van der Waals surface area (Å²) in [5, 5.41) is 15.8. The summed E-state index contributed by atoms with van der Waals surface area (Å²) < 4.78 is 0. The quantitative estimate of drug-likeness (QED) is 0.873. The Balaban J connectivity index is 2.00. The van der Waals surface area contributed by atoms with Crippen LogP contribution in [0, 0.1) is 17.2 Å². The molecule has 16 heavy (non-hydrogen) atoms. The van der Waals surface area contributed by atoms with Gasteiger partial charge in [0.2, 0.25) is 0 Å². The molecule has 1 N–H and O–H groups in total. The van der Waals surface area contributed by atoms with Crippen molar-refractivity contribution in [1.82, 2.24) is 10.3 Å². The number of nitriles is 1. The average Bonchev–Trinajstić information content (AvgIpc) is 2.96. The van der Waals surface area contributed by atoms with Crippen molar-refractivity contribution in [2.24, 2.45) is 5.92 Å². The minimum Gasteiger partial charge on any atom is -0.304 e. The first kappa shape index (κ1) is 11.6. The molecule has 3 unspecified atom stereocenters. The molecule has 1 aliphatic carbocycles. The number of hydrogen-bond acceptors (Lipinski definition) is 4. The van der Waals surface area contributed by atoms with Gasteiger partial charge < -0.3 is 5.32 Å². The standard InChI is InChI=1S/C12H17N3S/c1-2-10(12-14-6-7-16-12)15-11-5-3-4-9(11)8-13/h6-7,9-11,15H,2-5H2,1H3. The zero-order chi connectivity index (χ0) is 11.4. The minimum atomic E-state index is 0.189. The summed E-state index contributed by atoms with van der Waals surface area (Å²) in [6, 6.07) is 3.09. The summed E-state index contributed by atoms with van der Waals surface area (Å²) in [6.45, 7) is 2.16. The molecule has 0 radical (unpaired) electrons. The summed E-state index contributed by atoms with van der Waals surface area (Å²) in [5.74, 6) is 0.189. The van der Waals surface area contributed by atoms with Crippen LogP contribution in [0.2, 0.25) is 0 Å². The Kier molecular flexibility index (Phi) is 3.92. The van der Waals surface area contributed by atoms with Crippen molar-refractivity contribution in [1.29, 1.82) is 5.26 Å². The molecule has 86 valence electrons. The minimum absolute atomic E-state index is 0.189. The molecule has 3 nitrogen and oxygen atoms in total. The van der Waals surface area contributed by atoms with Gasteiger partial charge in [-0.3, -0.25) is 0 Å². The SMILES string of the molecule is CCC(NC1CCCC1C#N)c1nccs1. The number of thiazole rings is 1.